The molecule has 0 aromatic carbocycles. The van der Waals surface area contributed by atoms with E-state index in [0.717, 1.165) is 0 Å². The summed E-state index contributed by atoms with van der Waals surface area (Å²) in [5.41, 5.74) is 4.01. The monoisotopic (exact) mass is 183 g/mol. The van der Waals surface area contributed by atoms with Gasteiger partial charge in [0.15, 0.2) is 5.82 Å². The molecule has 0 saturated carbocycles. The summed E-state index contributed by atoms with van der Waals surface area (Å²) in [5, 5.41) is 0. The third-order valence-corrected chi connectivity index (χ3v) is 1.33. The molecular formula is C6H5F4NO. The van der Waals surface area contributed by atoms with E-state index in [1.54, 1.807) is 0 Å². The van der Waals surface area contributed by atoms with Gasteiger partial charge >= 0.3 is 6.18 Å². The average molecular weight is 183 g/mol. The largest absolute Gasteiger partial charge is 0.469 e. The van der Waals surface area contributed by atoms with Crippen LogP contribution in [-0.4, -0.2) is 6.18 Å². The van der Waals surface area contributed by atoms with Gasteiger partial charge in [-0.3, -0.25) is 0 Å². The summed E-state index contributed by atoms with van der Waals surface area (Å²) >= 11 is 0. The molecule has 0 aliphatic carbocycles. The van der Waals surface area contributed by atoms with Crippen molar-refractivity contribution >= 4 is 0 Å². The smallest absolute Gasteiger partial charge is 0.407 e. The van der Waals surface area contributed by atoms with E-state index in [0.29, 0.717) is 12.5 Å². The Morgan fingerprint density at radius 1 is 1.33 bits per heavy atom. The van der Waals surface area contributed by atoms with E-state index in [1.807, 2.05) is 0 Å². The summed E-state index contributed by atoms with van der Waals surface area (Å²) in [6.07, 6.45) is -3.43. The van der Waals surface area contributed by atoms with Gasteiger partial charge in [-0.15, -0.1) is 0 Å². The zero-order chi connectivity index (χ0) is 9.35. The third-order valence-electron chi connectivity index (χ3n) is 1.33. The molecule has 0 spiro atoms. The van der Waals surface area contributed by atoms with Crippen molar-refractivity contribution in [1.82, 2.24) is 0 Å². The highest BCUT2D eigenvalue weighted by atomic mass is 19.4. The number of alkyl halides is 3. The van der Waals surface area contributed by atoms with E-state index in [9.17, 15) is 17.6 Å². The molecule has 0 aliphatic rings. The van der Waals surface area contributed by atoms with E-state index in [-0.39, 0.29) is 0 Å². The molecule has 2 nitrogen and oxygen atoms in total. The number of furan rings is 1. The Bertz CT molecular complexity index is 267. The van der Waals surface area contributed by atoms with Gasteiger partial charge in [-0.25, -0.2) is 4.39 Å². The molecule has 2 N–H and O–H groups in total. The maximum Gasteiger partial charge on any atom is 0.407 e. The lowest BCUT2D eigenvalue weighted by molar-refractivity contribution is -0.149. The van der Waals surface area contributed by atoms with Gasteiger partial charge in [0.05, 0.1) is 11.8 Å². The molecular weight excluding hydrogens is 178 g/mol. The van der Waals surface area contributed by atoms with Crippen LogP contribution in [0.5, 0.6) is 0 Å². The molecule has 1 aromatic rings. The van der Waals surface area contributed by atoms with Crippen molar-refractivity contribution in [2.75, 3.05) is 0 Å². The summed E-state index contributed by atoms with van der Waals surface area (Å²) in [6, 6.07) is -2.32. The number of nitrogens with two attached hydrogens (primary N) is 1. The minimum atomic E-state index is -4.65. The van der Waals surface area contributed by atoms with Crippen molar-refractivity contribution in [3.05, 3.63) is 23.9 Å². The first-order valence-electron chi connectivity index (χ1n) is 2.97. The highest BCUT2D eigenvalue weighted by Crippen LogP contribution is 2.31. The highest BCUT2D eigenvalue weighted by Gasteiger charge is 2.40. The van der Waals surface area contributed by atoms with Crippen LogP contribution in [0, 0.1) is 5.82 Å². The van der Waals surface area contributed by atoms with Crippen LogP contribution in [0.2, 0.25) is 0 Å². The SMILES string of the molecule is N[C@@H](c1cocc1F)C(F)(F)F. The fraction of sp³-hybridized carbons (Fsp3) is 0.333. The van der Waals surface area contributed by atoms with Gasteiger partial charge in [0.2, 0.25) is 0 Å². The minimum Gasteiger partial charge on any atom is -0.469 e. The van der Waals surface area contributed by atoms with Gasteiger partial charge in [0, 0.05) is 0 Å². The minimum absolute atomic E-state index is 0.570. The predicted octanol–water partition coefficient (Wildman–Crippen LogP) is 1.98. The van der Waals surface area contributed by atoms with E-state index in [1.165, 1.54) is 0 Å². The van der Waals surface area contributed by atoms with Crippen molar-refractivity contribution in [2.24, 2.45) is 5.73 Å². The normalized spacial score (nSPS) is 14.8. The number of hydrogen-bond donors (Lipinski definition) is 1. The van der Waals surface area contributed by atoms with Crippen LogP contribution in [-0.2, 0) is 0 Å². The second kappa shape index (κ2) is 2.78. The summed E-state index contributed by atoms with van der Waals surface area (Å²) in [5.74, 6) is -1.08. The van der Waals surface area contributed by atoms with Crippen LogP contribution < -0.4 is 5.73 Å². The second-order valence-electron chi connectivity index (χ2n) is 2.19. The third kappa shape index (κ3) is 1.58. The first-order chi connectivity index (χ1) is 5.43. The van der Waals surface area contributed by atoms with E-state index in [2.05, 4.69) is 4.42 Å². The number of halogens is 4. The zero-order valence-electron chi connectivity index (χ0n) is 5.73. The fourth-order valence-corrected chi connectivity index (χ4v) is 0.690. The van der Waals surface area contributed by atoms with Gasteiger partial charge in [-0.2, -0.15) is 13.2 Å². The molecule has 0 saturated heterocycles. The Morgan fingerprint density at radius 2 is 1.92 bits per heavy atom. The van der Waals surface area contributed by atoms with Crippen molar-refractivity contribution in [3.8, 4) is 0 Å². The van der Waals surface area contributed by atoms with Crippen molar-refractivity contribution in [3.63, 3.8) is 0 Å². The van der Waals surface area contributed by atoms with E-state index in [4.69, 9.17) is 5.73 Å². The second-order valence-corrected chi connectivity index (χ2v) is 2.19. The maximum atomic E-state index is 12.5. The maximum absolute atomic E-state index is 12.5. The van der Waals surface area contributed by atoms with Crippen LogP contribution >= 0.6 is 0 Å². The first-order valence-corrected chi connectivity index (χ1v) is 2.97. The summed E-state index contributed by atoms with van der Waals surface area (Å²) in [7, 11) is 0. The molecule has 0 aliphatic heterocycles. The molecule has 0 fully saturated rings. The lowest BCUT2D eigenvalue weighted by atomic mass is 10.1. The van der Waals surface area contributed by atoms with E-state index < -0.39 is 23.6 Å². The molecule has 0 radical (unpaired) electrons. The first kappa shape index (κ1) is 9.05. The van der Waals surface area contributed by atoms with Crippen LogP contribution in [0.15, 0.2) is 16.9 Å². The Morgan fingerprint density at radius 3 is 2.25 bits per heavy atom. The molecule has 0 bridgehead atoms. The average Bonchev–Trinajstić information content (AvgIpc) is 2.31. The standard InChI is InChI=1S/C6H5F4NO/c7-4-2-12-1-3(4)5(11)6(8,9)10/h1-2,5H,11H2/t5-/m0/s1. The van der Waals surface area contributed by atoms with Crippen molar-refractivity contribution < 1.29 is 22.0 Å². The predicted molar refractivity (Wildman–Crippen MR) is 31.6 cm³/mol. The van der Waals surface area contributed by atoms with Gasteiger partial charge in [0.1, 0.15) is 12.3 Å². The quantitative estimate of drug-likeness (QED) is 0.676. The molecule has 1 rings (SSSR count). The Labute approximate surface area is 65.0 Å². The zero-order valence-corrected chi connectivity index (χ0v) is 5.73. The van der Waals surface area contributed by atoms with Crippen LogP contribution in [0.25, 0.3) is 0 Å². The van der Waals surface area contributed by atoms with Crippen molar-refractivity contribution in [2.45, 2.75) is 12.2 Å². The number of rotatable bonds is 1. The molecule has 1 atom stereocenters. The van der Waals surface area contributed by atoms with Crippen LogP contribution in [0.1, 0.15) is 11.6 Å². The van der Waals surface area contributed by atoms with Gasteiger partial charge in [-0.1, -0.05) is 0 Å². The summed E-state index contributed by atoms with van der Waals surface area (Å²) in [6.45, 7) is 0. The molecule has 0 amide bonds. The van der Waals surface area contributed by atoms with Gasteiger partial charge in [0.25, 0.3) is 0 Å². The summed E-state index contributed by atoms with van der Waals surface area (Å²) < 4.78 is 52.2. The Balaban J connectivity index is 2.92. The van der Waals surface area contributed by atoms with Crippen LogP contribution in [0.4, 0.5) is 17.6 Å². The van der Waals surface area contributed by atoms with Crippen LogP contribution in [0.3, 0.4) is 0 Å². The molecule has 6 heteroatoms. The molecule has 68 valence electrons. The topological polar surface area (TPSA) is 39.2 Å². The Kier molecular flexibility index (Phi) is 2.10. The molecule has 12 heavy (non-hydrogen) atoms. The highest BCUT2D eigenvalue weighted by molar-refractivity contribution is 5.15. The summed E-state index contributed by atoms with van der Waals surface area (Å²) in [4.78, 5) is 0. The molecule has 1 aromatic heterocycles. The van der Waals surface area contributed by atoms with Gasteiger partial charge < -0.3 is 10.2 Å². The van der Waals surface area contributed by atoms with Gasteiger partial charge in [-0.05, 0) is 0 Å². The number of hydrogen-bond acceptors (Lipinski definition) is 2. The fourth-order valence-electron chi connectivity index (χ4n) is 0.690. The lowest BCUT2D eigenvalue weighted by Crippen LogP contribution is -2.28. The Hall–Kier alpha value is -1.04. The van der Waals surface area contributed by atoms with E-state index >= 15 is 0 Å². The lowest BCUT2D eigenvalue weighted by Gasteiger charge is -2.13. The molecule has 0 unspecified atom stereocenters. The van der Waals surface area contributed by atoms with Crippen molar-refractivity contribution in [1.29, 1.82) is 0 Å². The molecule has 1 heterocycles.